The highest BCUT2D eigenvalue weighted by atomic mass is 31.2. The Kier molecular flexibility index (Phi) is 8.80. The van der Waals surface area contributed by atoms with Crippen LogP contribution in [0.2, 0.25) is 0 Å². The molecule has 1 aliphatic heterocycles. The normalized spacial score (nSPS) is 23.3. The lowest BCUT2D eigenvalue weighted by Gasteiger charge is -2.27. The van der Waals surface area contributed by atoms with Gasteiger partial charge in [-0.15, -0.1) is 0 Å². The molecule has 0 spiro atoms. The Labute approximate surface area is 264 Å². The summed E-state index contributed by atoms with van der Waals surface area (Å²) in [4.78, 5) is 16.9. The predicted octanol–water partition coefficient (Wildman–Crippen LogP) is 3.59. The van der Waals surface area contributed by atoms with Crippen LogP contribution in [-0.4, -0.2) is 68.3 Å². The van der Waals surface area contributed by atoms with Crippen LogP contribution in [-0.2, 0) is 29.8 Å². The maximum absolute atomic E-state index is 14.6. The van der Waals surface area contributed by atoms with Gasteiger partial charge in [0.05, 0.1) is 19.4 Å². The number of ether oxygens (including phenoxy) is 2. The Morgan fingerprint density at radius 2 is 1.85 bits per heavy atom. The van der Waals surface area contributed by atoms with Crippen molar-refractivity contribution in [2.45, 2.75) is 43.3 Å². The molecular formula is C32H34N5O8P. The van der Waals surface area contributed by atoms with Gasteiger partial charge in [-0.2, -0.15) is 10.2 Å². The molecule has 1 saturated heterocycles. The van der Waals surface area contributed by atoms with Gasteiger partial charge in [0.1, 0.15) is 47.5 Å². The highest BCUT2D eigenvalue weighted by Gasteiger charge is 2.54. The van der Waals surface area contributed by atoms with E-state index in [0.717, 1.165) is 10.9 Å². The fourth-order valence-electron chi connectivity index (χ4n) is 5.62. The number of benzene rings is 3. The molecule has 2 aromatic heterocycles. The van der Waals surface area contributed by atoms with E-state index in [2.05, 4.69) is 15.2 Å². The number of anilines is 1. The largest absolute Gasteiger partial charge is 0.468 e. The molecule has 0 bridgehead atoms. The maximum atomic E-state index is 14.6. The van der Waals surface area contributed by atoms with E-state index in [1.807, 2.05) is 54.6 Å². The molecule has 13 nitrogen and oxygen atoms in total. The van der Waals surface area contributed by atoms with Crippen LogP contribution in [0.1, 0.15) is 24.3 Å². The highest BCUT2D eigenvalue weighted by Crippen LogP contribution is 2.49. The Hall–Kier alpha value is -4.36. The lowest BCUT2D eigenvalue weighted by Crippen LogP contribution is -2.44. The summed E-state index contributed by atoms with van der Waals surface area (Å²) in [5.41, 5.74) is 5.85. The number of methoxy groups -OCH3 is 1. The molecule has 3 aromatic carbocycles. The monoisotopic (exact) mass is 647 g/mol. The fraction of sp³-hybridized carbons (Fsp3) is 0.281. The molecular weight excluding hydrogens is 613 g/mol. The first-order valence-electron chi connectivity index (χ1n) is 14.5. The third-order valence-corrected chi connectivity index (χ3v) is 9.59. The topological polar surface area (TPSA) is 180 Å². The first kappa shape index (κ1) is 31.6. The number of nitrogens with two attached hydrogens (primary N) is 1. The second kappa shape index (κ2) is 12.8. The number of hydrogen-bond acceptors (Lipinski definition) is 11. The molecule has 3 heterocycles. The lowest BCUT2D eigenvalue weighted by molar-refractivity contribution is -0.142. The van der Waals surface area contributed by atoms with Crippen LogP contribution in [0.4, 0.5) is 5.82 Å². The van der Waals surface area contributed by atoms with Crippen molar-refractivity contribution < 1.29 is 38.1 Å². The molecule has 240 valence electrons. The average molecular weight is 648 g/mol. The van der Waals surface area contributed by atoms with Crippen molar-refractivity contribution in [3.05, 3.63) is 103 Å². The van der Waals surface area contributed by atoms with Gasteiger partial charge in [0.2, 0.25) is 0 Å². The summed E-state index contributed by atoms with van der Waals surface area (Å²) in [6, 6.07) is 24.0. The van der Waals surface area contributed by atoms with Crippen molar-refractivity contribution in [3.8, 4) is 5.75 Å². The number of nitrogens with one attached hydrogen (secondary N) is 1. The predicted molar refractivity (Wildman–Crippen MR) is 169 cm³/mol. The van der Waals surface area contributed by atoms with E-state index < -0.39 is 50.3 Å². The number of nitrogens with zero attached hydrogens (tertiary/aromatic N) is 3. The van der Waals surface area contributed by atoms with E-state index in [-0.39, 0.29) is 18.0 Å². The van der Waals surface area contributed by atoms with Crippen LogP contribution in [0.3, 0.4) is 0 Å². The van der Waals surface area contributed by atoms with Gasteiger partial charge in [-0.05, 0) is 42.5 Å². The standard InChI is InChI=1S/C32H34N5O8P/c1-32(40)28(38)27(44-29(32)24-15-16-25-30(33)34-19-35-37(24)25)18-43-46(41,45-26-14-8-12-21-11-6-7-13-22(21)26)36-23(31(39)42-2)17-20-9-4-3-5-10-20/h3-16,19,23,27-29,38,40H,17-18H2,1-2H3,(H,36,41)(H2,33,34,35)/t23-,27+,28+,29-,32+,46?/m0/s1. The highest BCUT2D eigenvalue weighted by molar-refractivity contribution is 7.52. The van der Waals surface area contributed by atoms with Gasteiger partial charge in [-0.25, -0.2) is 14.1 Å². The summed E-state index contributed by atoms with van der Waals surface area (Å²) in [6.45, 7) is 0.937. The van der Waals surface area contributed by atoms with Crippen LogP contribution in [0, 0.1) is 0 Å². The molecule has 1 fully saturated rings. The van der Waals surface area contributed by atoms with Gasteiger partial charge in [-0.1, -0.05) is 66.7 Å². The molecule has 0 radical (unpaired) electrons. The van der Waals surface area contributed by atoms with Gasteiger partial charge in [-0.3, -0.25) is 9.32 Å². The molecule has 1 unspecified atom stereocenters. The SMILES string of the molecule is COC(=O)[C@H](Cc1ccccc1)NP(=O)(OC[C@H]1O[C@@H](c2ccc3c(N)ncnn23)[C@](C)(O)[C@@H]1O)Oc1cccc2ccccc12. The van der Waals surface area contributed by atoms with Crippen molar-refractivity contribution >= 4 is 35.8 Å². The molecule has 0 amide bonds. The zero-order valence-corrected chi connectivity index (χ0v) is 26.0. The van der Waals surface area contributed by atoms with E-state index in [0.29, 0.717) is 16.6 Å². The first-order chi connectivity index (χ1) is 22.1. The van der Waals surface area contributed by atoms with Gasteiger partial charge in [0.15, 0.2) is 5.82 Å². The van der Waals surface area contributed by atoms with Gasteiger partial charge in [0.25, 0.3) is 0 Å². The van der Waals surface area contributed by atoms with Crippen molar-refractivity contribution in [1.82, 2.24) is 19.7 Å². The van der Waals surface area contributed by atoms with Gasteiger partial charge < -0.3 is 29.9 Å². The van der Waals surface area contributed by atoms with E-state index >= 15 is 0 Å². The molecule has 0 saturated carbocycles. The molecule has 14 heteroatoms. The molecule has 1 aliphatic rings. The Balaban J connectivity index is 1.30. The number of carbonyl (C=O) groups is 1. The van der Waals surface area contributed by atoms with E-state index in [9.17, 15) is 19.6 Å². The van der Waals surface area contributed by atoms with Crippen molar-refractivity contribution in [1.29, 1.82) is 0 Å². The van der Waals surface area contributed by atoms with Gasteiger partial charge in [0, 0.05) is 5.39 Å². The summed E-state index contributed by atoms with van der Waals surface area (Å²) in [6.07, 6.45) is -2.33. The number of esters is 1. The number of aliphatic hydroxyl groups excluding tert-OH is 1. The van der Waals surface area contributed by atoms with Crippen molar-refractivity contribution in [2.24, 2.45) is 0 Å². The first-order valence-corrected chi connectivity index (χ1v) is 16.1. The zero-order chi connectivity index (χ0) is 32.5. The Morgan fingerprint density at radius 1 is 1.11 bits per heavy atom. The smallest absolute Gasteiger partial charge is 0.459 e. The summed E-state index contributed by atoms with van der Waals surface area (Å²) in [5, 5.41) is 31.1. The minimum Gasteiger partial charge on any atom is -0.468 e. The van der Waals surface area contributed by atoms with E-state index in [1.54, 1.807) is 30.3 Å². The minimum atomic E-state index is -4.42. The van der Waals surface area contributed by atoms with Gasteiger partial charge >= 0.3 is 13.7 Å². The van der Waals surface area contributed by atoms with Crippen LogP contribution < -0.4 is 15.3 Å². The van der Waals surface area contributed by atoms with Crippen LogP contribution >= 0.6 is 7.75 Å². The number of hydrogen-bond donors (Lipinski definition) is 4. The molecule has 6 atom stereocenters. The fourth-order valence-corrected chi connectivity index (χ4v) is 7.14. The van der Waals surface area contributed by atoms with Crippen molar-refractivity contribution in [2.75, 3.05) is 19.5 Å². The summed E-state index contributed by atoms with van der Waals surface area (Å²) < 4.78 is 39.2. The Morgan fingerprint density at radius 3 is 2.63 bits per heavy atom. The summed E-state index contributed by atoms with van der Waals surface area (Å²) in [7, 11) is -3.19. The summed E-state index contributed by atoms with van der Waals surface area (Å²) in [5.74, 6) is -0.213. The van der Waals surface area contributed by atoms with Crippen LogP contribution in [0.5, 0.6) is 5.75 Å². The zero-order valence-electron chi connectivity index (χ0n) is 25.1. The molecule has 0 aliphatic carbocycles. The number of nitrogen functional groups attached to an aromatic ring is 1. The minimum absolute atomic E-state index is 0.116. The second-order valence-electron chi connectivity index (χ2n) is 11.2. The second-order valence-corrected chi connectivity index (χ2v) is 12.9. The maximum Gasteiger partial charge on any atom is 0.459 e. The Bertz CT molecular complexity index is 1900. The molecule has 5 N–H and O–H groups in total. The number of fused-ring (bicyclic) bond motifs is 2. The van der Waals surface area contributed by atoms with Crippen LogP contribution in [0.25, 0.3) is 16.3 Å². The third-order valence-electron chi connectivity index (χ3n) is 8.03. The quantitative estimate of drug-likeness (QED) is 0.121. The lowest BCUT2D eigenvalue weighted by atomic mass is 9.91. The van der Waals surface area contributed by atoms with E-state index in [4.69, 9.17) is 24.3 Å². The van der Waals surface area contributed by atoms with Crippen molar-refractivity contribution in [3.63, 3.8) is 0 Å². The third kappa shape index (κ3) is 6.21. The van der Waals surface area contributed by atoms with E-state index in [1.165, 1.54) is 24.9 Å². The number of aromatic nitrogens is 3. The molecule has 46 heavy (non-hydrogen) atoms. The number of carbonyl (C=O) groups excluding carboxylic acids is 1. The molecule has 6 rings (SSSR count). The number of rotatable bonds is 11. The summed E-state index contributed by atoms with van der Waals surface area (Å²) >= 11 is 0. The number of aliphatic hydroxyl groups is 2. The average Bonchev–Trinajstić information content (AvgIpc) is 3.58. The molecule has 5 aromatic rings. The van der Waals surface area contributed by atoms with Crippen LogP contribution in [0.15, 0.2) is 91.3 Å².